The van der Waals surface area contributed by atoms with Gasteiger partial charge in [0.2, 0.25) is 0 Å². The highest BCUT2D eigenvalue weighted by Gasteiger charge is 2.20. The second-order valence-electron chi connectivity index (χ2n) is 14.4. The Kier molecular flexibility index (Phi) is 6.76. The quantitative estimate of drug-likeness (QED) is 0.181. The second kappa shape index (κ2) is 12.2. The van der Waals surface area contributed by atoms with Crippen LogP contribution in [0.4, 0.5) is 0 Å². The smallest absolute Gasteiger partial charge is 0.164 e. The van der Waals surface area contributed by atoms with Crippen molar-refractivity contribution in [1.29, 1.82) is 0 Å². The van der Waals surface area contributed by atoms with Gasteiger partial charge in [-0.2, -0.15) is 0 Å². The number of fused-ring (bicyclic) bond motifs is 10. The summed E-state index contributed by atoms with van der Waals surface area (Å²) in [7, 11) is 0. The molecule has 0 spiro atoms. The van der Waals surface area contributed by atoms with E-state index in [9.17, 15) is 0 Å². The molecule has 12 aromatic rings. The Morgan fingerprint density at radius 2 is 1.00 bits per heavy atom. The maximum absolute atomic E-state index is 5.24. The summed E-state index contributed by atoms with van der Waals surface area (Å²) >= 11 is 1.82. The lowest BCUT2D eigenvalue weighted by Gasteiger charge is -2.12. The van der Waals surface area contributed by atoms with E-state index < -0.39 is 0 Å². The molecule has 0 fully saturated rings. The molecule has 12 rings (SSSR count). The zero-order chi connectivity index (χ0) is 36.7. The van der Waals surface area contributed by atoms with Gasteiger partial charge in [-0.3, -0.25) is 0 Å². The summed E-state index contributed by atoms with van der Waals surface area (Å²) in [5.41, 5.74) is 6.52. The molecule has 3 heterocycles. The van der Waals surface area contributed by atoms with Crippen molar-refractivity contribution in [3.05, 3.63) is 182 Å². The highest BCUT2D eigenvalue weighted by atomic mass is 32.1. The summed E-state index contributed by atoms with van der Waals surface area (Å²) in [5, 5.41) is 12.1. The Balaban J connectivity index is 1.10. The average molecular weight is 731 g/mol. The highest BCUT2D eigenvalue weighted by molar-refractivity contribution is 7.26. The van der Waals surface area contributed by atoms with Crippen LogP contribution in [0.15, 0.2) is 182 Å². The Labute approximate surface area is 325 Å². The summed E-state index contributed by atoms with van der Waals surface area (Å²) in [6.45, 7) is 0. The van der Waals surface area contributed by atoms with Gasteiger partial charge in [-0.25, -0.2) is 15.0 Å². The molecule has 56 heavy (non-hydrogen) atoms. The molecule has 0 amide bonds. The van der Waals surface area contributed by atoms with Gasteiger partial charge in [-0.15, -0.1) is 11.3 Å². The third-order valence-corrected chi connectivity index (χ3v) is 12.3. The normalized spacial score (nSPS) is 11.9. The van der Waals surface area contributed by atoms with Crippen molar-refractivity contribution in [2.75, 3.05) is 0 Å². The number of rotatable bonds is 4. The standard InChI is InChI=1S/C51H30N4S/c1-2-14-33(15-3-1)49-52-50(40-21-10-18-31-12-6-8-19-37(31)40)54-51(53-49)42-22-11-23-45-47(42)41-27-25-36(30-46(41)56-45)55-44-29-35-17-5-4-16-34(35)28-43(44)39-26-24-32-13-7-9-20-38(32)48(39)55/h1-30H. The molecule has 0 saturated heterocycles. The molecule has 0 atom stereocenters. The third kappa shape index (κ3) is 4.75. The molecule has 0 unspecified atom stereocenters. The first-order valence-electron chi connectivity index (χ1n) is 18.9. The van der Waals surface area contributed by atoms with Crippen LogP contribution < -0.4 is 0 Å². The molecule has 5 heteroatoms. The number of benzene rings is 9. The molecular weight excluding hydrogens is 701 g/mol. The fraction of sp³-hybridized carbons (Fsp3) is 0. The zero-order valence-electron chi connectivity index (χ0n) is 30.0. The Morgan fingerprint density at radius 3 is 1.84 bits per heavy atom. The van der Waals surface area contributed by atoms with Gasteiger partial charge in [-0.1, -0.05) is 152 Å². The van der Waals surface area contributed by atoms with E-state index in [2.05, 4.69) is 168 Å². The van der Waals surface area contributed by atoms with Crippen molar-refractivity contribution in [2.24, 2.45) is 0 Å². The molecule has 0 radical (unpaired) electrons. The van der Waals surface area contributed by atoms with Crippen LogP contribution in [0.2, 0.25) is 0 Å². The van der Waals surface area contributed by atoms with Crippen LogP contribution in [0.1, 0.15) is 0 Å². The van der Waals surface area contributed by atoms with E-state index in [1.54, 1.807) is 0 Å². The van der Waals surface area contributed by atoms with Gasteiger partial charge in [0.15, 0.2) is 17.5 Å². The number of thiophene rings is 1. The number of aromatic nitrogens is 4. The molecule has 0 saturated carbocycles. The lowest BCUT2D eigenvalue weighted by molar-refractivity contribution is 1.08. The predicted molar refractivity (Wildman–Crippen MR) is 236 cm³/mol. The van der Waals surface area contributed by atoms with E-state index in [0.717, 1.165) is 38.5 Å². The Morgan fingerprint density at radius 1 is 0.375 bits per heavy atom. The molecule has 0 aliphatic heterocycles. The summed E-state index contributed by atoms with van der Waals surface area (Å²) in [4.78, 5) is 15.5. The van der Waals surface area contributed by atoms with Crippen molar-refractivity contribution >= 4 is 85.6 Å². The van der Waals surface area contributed by atoms with Crippen LogP contribution in [0.3, 0.4) is 0 Å². The number of hydrogen-bond acceptors (Lipinski definition) is 4. The highest BCUT2D eigenvalue weighted by Crippen LogP contribution is 2.43. The van der Waals surface area contributed by atoms with Crippen LogP contribution in [-0.2, 0) is 0 Å². The SMILES string of the molecule is c1ccc(-c2nc(-c3cccc4ccccc34)nc(-c3cccc4sc5cc(-n6c7cc8ccccc8cc7c7ccc8ccccc8c76)ccc5c34)n2)cc1. The topological polar surface area (TPSA) is 43.6 Å². The molecule has 260 valence electrons. The minimum absolute atomic E-state index is 0.656. The van der Waals surface area contributed by atoms with Gasteiger partial charge in [0.05, 0.1) is 11.0 Å². The third-order valence-electron chi connectivity index (χ3n) is 11.2. The van der Waals surface area contributed by atoms with Crippen molar-refractivity contribution < 1.29 is 0 Å². The summed E-state index contributed by atoms with van der Waals surface area (Å²) in [6, 6.07) is 65.0. The van der Waals surface area contributed by atoms with E-state index in [1.165, 1.54) is 58.1 Å². The minimum Gasteiger partial charge on any atom is -0.309 e. The lowest BCUT2D eigenvalue weighted by atomic mass is 10.0. The van der Waals surface area contributed by atoms with Crippen molar-refractivity contribution in [3.63, 3.8) is 0 Å². The van der Waals surface area contributed by atoms with Gasteiger partial charge < -0.3 is 4.57 Å². The van der Waals surface area contributed by atoms with Gasteiger partial charge in [0, 0.05) is 58.7 Å². The predicted octanol–water partition coefficient (Wildman–Crippen LogP) is 13.8. The number of nitrogens with zero attached hydrogens (tertiary/aromatic N) is 4. The molecule has 4 nitrogen and oxygen atoms in total. The van der Waals surface area contributed by atoms with E-state index in [-0.39, 0.29) is 0 Å². The molecule has 3 aromatic heterocycles. The van der Waals surface area contributed by atoms with E-state index in [1.807, 2.05) is 29.5 Å². The first kappa shape index (κ1) is 31.2. The minimum atomic E-state index is 0.656. The van der Waals surface area contributed by atoms with Crippen molar-refractivity contribution in [3.8, 4) is 39.9 Å². The van der Waals surface area contributed by atoms with E-state index in [4.69, 9.17) is 15.0 Å². The van der Waals surface area contributed by atoms with Gasteiger partial charge in [-0.05, 0) is 57.3 Å². The molecule has 0 N–H and O–H groups in total. The lowest BCUT2D eigenvalue weighted by Crippen LogP contribution is -2.00. The molecule has 9 aromatic carbocycles. The average Bonchev–Trinajstić information content (AvgIpc) is 3.80. The maximum Gasteiger partial charge on any atom is 0.164 e. The largest absolute Gasteiger partial charge is 0.309 e. The van der Waals surface area contributed by atoms with Gasteiger partial charge >= 0.3 is 0 Å². The summed E-state index contributed by atoms with van der Waals surface area (Å²) < 4.78 is 4.88. The van der Waals surface area contributed by atoms with Crippen LogP contribution in [0.5, 0.6) is 0 Å². The molecule has 0 aliphatic carbocycles. The fourth-order valence-corrected chi connectivity index (χ4v) is 9.79. The van der Waals surface area contributed by atoms with E-state index in [0.29, 0.717) is 17.5 Å². The van der Waals surface area contributed by atoms with E-state index >= 15 is 0 Å². The first-order valence-corrected chi connectivity index (χ1v) is 19.7. The van der Waals surface area contributed by atoms with Crippen LogP contribution in [0, 0.1) is 0 Å². The Hall–Kier alpha value is -7.21. The molecular formula is C51H30N4S. The van der Waals surface area contributed by atoms with Gasteiger partial charge in [0.1, 0.15) is 0 Å². The first-order chi connectivity index (χ1) is 27.7. The second-order valence-corrected chi connectivity index (χ2v) is 15.5. The van der Waals surface area contributed by atoms with Gasteiger partial charge in [0.25, 0.3) is 0 Å². The molecule has 0 aliphatic rings. The Bertz CT molecular complexity index is 3540. The molecule has 0 bridgehead atoms. The van der Waals surface area contributed by atoms with Crippen LogP contribution in [-0.4, -0.2) is 19.5 Å². The zero-order valence-corrected chi connectivity index (χ0v) is 30.8. The summed E-state index contributed by atoms with van der Waals surface area (Å²) in [5.74, 6) is 1.98. The van der Waals surface area contributed by atoms with Crippen molar-refractivity contribution in [1.82, 2.24) is 19.5 Å². The fourth-order valence-electron chi connectivity index (χ4n) is 8.62. The summed E-state index contributed by atoms with van der Waals surface area (Å²) in [6.07, 6.45) is 0. The maximum atomic E-state index is 5.24. The number of hydrogen-bond donors (Lipinski definition) is 0. The monoisotopic (exact) mass is 730 g/mol. The van der Waals surface area contributed by atoms with Crippen molar-refractivity contribution in [2.45, 2.75) is 0 Å². The van der Waals surface area contributed by atoms with Crippen LogP contribution >= 0.6 is 11.3 Å². The van der Waals surface area contributed by atoms with Crippen LogP contribution in [0.25, 0.3) is 114 Å².